The Labute approximate surface area is 129 Å². The Bertz CT molecular complexity index is 465. The van der Waals surface area contributed by atoms with Crippen molar-refractivity contribution < 1.29 is 4.74 Å². The molecule has 0 saturated carbocycles. The first-order chi connectivity index (χ1) is 10.0. The summed E-state index contributed by atoms with van der Waals surface area (Å²) in [7, 11) is 0. The van der Waals surface area contributed by atoms with Gasteiger partial charge < -0.3 is 4.74 Å². The second kappa shape index (κ2) is 8.69. The number of hydrogen-bond donors (Lipinski definition) is 1. The van der Waals surface area contributed by atoms with Crippen molar-refractivity contribution in [3.63, 3.8) is 0 Å². The Morgan fingerprint density at radius 3 is 2.71 bits per heavy atom. The Hall–Kier alpha value is -1.53. The van der Waals surface area contributed by atoms with Crippen molar-refractivity contribution in [2.24, 2.45) is 0 Å². The molecule has 1 aromatic rings. The van der Waals surface area contributed by atoms with Crippen molar-refractivity contribution in [1.82, 2.24) is 5.32 Å². The molecule has 0 aliphatic carbocycles. The fourth-order valence-corrected chi connectivity index (χ4v) is 2.31. The minimum absolute atomic E-state index is 0.410. The van der Waals surface area contributed by atoms with E-state index in [1.54, 1.807) is 0 Å². The number of nitriles is 1. The molecular weight excluding hydrogens is 260 g/mol. The minimum Gasteiger partial charge on any atom is -0.494 e. The predicted octanol–water partition coefficient (Wildman–Crippen LogP) is 4.25. The monoisotopic (exact) mass is 288 g/mol. The third-order valence-corrected chi connectivity index (χ3v) is 3.68. The molecular formula is C18H28N2O. The molecule has 1 atom stereocenters. The van der Waals surface area contributed by atoms with E-state index in [9.17, 15) is 5.26 Å². The molecule has 1 unspecified atom stereocenters. The summed E-state index contributed by atoms with van der Waals surface area (Å²) in [5.74, 6) is 1.46. The van der Waals surface area contributed by atoms with Gasteiger partial charge in [-0.1, -0.05) is 32.9 Å². The maximum absolute atomic E-state index is 9.19. The zero-order valence-electron chi connectivity index (χ0n) is 13.8. The van der Waals surface area contributed by atoms with Crippen LogP contribution in [0.3, 0.4) is 0 Å². The van der Waals surface area contributed by atoms with Gasteiger partial charge in [-0.25, -0.2) is 0 Å². The first-order valence-corrected chi connectivity index (χ1v) is 7.90. The largest absolute Gasteiger partial charge is 0.494 e. The van der Waals surface area contributed by atoms with Crippen molar-refractivity contribution in [1.29, 1.82) is 5.26 Å². The molecule has 0 bridgehead atoms. The van der Waals surface area contributed by atoms with Crippen LogP contribution in [0.2, 0.25) is 0 Å². The van der Waals surface area contributed by atoms with Gasteiger partial charge in [0.05, 0.1) is 12.7 Å². The van der Waals surface area contributed by atoms with Gasteiger partial charge in [0.15, 0.2) is 0 Å². The van der Waals surface area contributed by atoms with Crippen LogP contribution < -0.4 is 10.1 Å². The van der Waals surface area contributed by atoms with E-state index in [0.29, 0.717) is 12.5 Å². The Morgan fingerprint density at radius 1 is 1.33 bits per heavy atom. The molecule has 21 heavy (non-hydrogen) atoms. The highest BCUT2D eigenvalue weighted by Crippen LogP contribution is 2.20. The van der Waals surface area contributed by atoms with E-state index in [1.807, 2.05) is 26.0 Å². The summed E-state index contributed by atoms with van der Waals surface area (Å²) in [4.78, 5) is 0. The second-order valence-electron chi connectivity index (χ2n) is 6.01. The third-order valence-electron chi connectivity index (χ3n) is 3.68. The van der Waals surface area contributed by atoms with Gasteiger partial charge in [0.2, 0.25) is 0 Å². The van der Waals surface area contributed by atoms with E-state index < -0.39 is 5.54 Å². The standard InChI is InChI=1S/C18H28N2O/c1-5-20-18(4,14-19)11-6-7-12-21-17-10-8-9-16(13-17)15(2)3/h8-10,13,15,20H,5-7,11-12H2,1-4H3. The van der Waals surface area contributed by atoms with E-state index >= 15 is 0 Å². The molecule has 1 aromatic carbocycles. The SMILES string of the molecule is CCNC(C)(C#N)CCCCOc1cccc(C(C)C)c1. The van der Waals surface area contributed by atoms with Crippen LogP contribution >= 0.6 is 0 Å². The lowest BCUT2D eigenvalue weighted by Crippen LogP contribution is -2.40. The van der Waals surface area contributed by atoms with E-state index in [4.69, 9.17) is 4.74 Å². The summed E-state index contributed by atoms with van der Waals surface area (Å²) in [6.45, 7) is 9.88. The van der Waals surface area contributed by atoms with Gasteiger partial charge in [-0.05, 0) is 56.3 Å². The van der Waals surface area contributed by atoms with Crippen molar-refractivity contribution in [3.8, 4) is 11.8 Å². The van der Waals surface area contributed by atoms with Crippen LogP contribution in [-0.4, -0.2) is 18.7 Å². The van der Waals surface area contributed by atoms with Gasteiger partial charge in [-0.3, -0.25) is 5.32 Å². The third kappa shape index (κ3) is 6.18. The molecule has 0 aromatic heterocycles. The summed E-state index contributed by atoms with van der Waals surface area (Å²) < 4.78 is 5.80. The molecule has 1 rings (SSSR count). The van der Waals surface area contributed by atoms with Crippen LogP contribution in [0.5, 0.6) is 5.75 Å². The molecule has 0 aliphatic rings. The first kappa shape index (κ1) is 17.5. The predicted molar refractivity (Wildman–Crippen MR) is 87.6 cm³/mol. The minimum atomic E-state index is -0.410. The molecule has 0 heterocycles. The summed E-state index contributed by atoms with van der Waals surface area (Å²) in [5.41, 5.74) is 0.892. The van der Waals surface area contributed by atoms with Gasteiger partial charge in [-0.15, -0.1) is 0 Å². The summed E-state index contributed by atoms with van der Waals surface area (Å²) in [5, 5.41) is 12.4. The Balaban J connectivity index is 2.32. The molecule has 0 aliphatic heterocycles. The number of ether oxygens (including phenoxy) is 1. The van der Waals surface area contributed by atoms with Crippen molar-refractivity contribution in [2.45, 2.75) is 58.4 Å². The lowest BCUT2D eigenvalue weighted by atomic mass is 9.97. The summed E-state index contributed by atoms with van der Waals surface area (Å²) in [6, 6.07) is 10.6. The quantitative estimate of drug-likeness (QED) is 0.691. The van der Waals surface area contributed by atoms with Gasteiger partial charge in [0, 0.05) is 0 Å². The average Bonchev–Trinajstić information content (AvgIpc) is 2.47. The summed E-state index contributed by atoms with van der Waals surface area (Å²) >= 11 is 0. The van der Waals surface area contributed by atoms with E-state index in [2.05, 4.69) is 37.4 Å². The number of unbranched alkanes of at least 4 members (excludes halogenated alkanes) is 1. The van der Waals surface area contributed by atoms with E-state index in [-0.39, 0.29) is 0 Å². The molecule has 0 radical (unpaired) electrons. The molecule has 3 heteroatoms. The van der Waals surface area contributed by atoms with Crippen LogP contribution in [0, 0.1) is 11.3 Å². The molecule has 0 amide bonds. The lowest BCUT2D eigenvalue weighted by Gasteiger charge is -2.22. The van der Waals surface area contributed by atoms with Crippen LogP contribution in [-0.2, 0) is 0 Å². The molecule has 0 fully saturated rings. The van der Waals surface area contributed by atoms with E-state index in [1.165, 1.54) is 5.56 Å². The number of nitrogens with one attached hydrogen (secondary N) is 1. The molecule has 3 nitrogen and oxygen atoms in total. The second-order valence-corrected chi connectivity index (χ2v) is 6.01. The number of hydrogen-bond acceptors (Lipinski definition) is 3. The smallest absolute Gasteiger partial charge is 0.119 e. The van der Waals surface area contributed by atoms with Crippen LogP contribution in [0.25, 0.3) is 0 Å². The Kier molecular flexibility index (Phi) is 7.25. The van der Waals surface area contributed by atoms with Gasteiger partial charge in [0.1, 0.15) is 11.3 Å². The van der Waals surface area contributed by atoms with E-state index in [0.717, 1.165) is 31.6 Å². The highest BCUT2D eigenvalue weighted by Gasteiger charge is 2.21. The maximum Gasteiger partial charge on any atom is 0.119 e. The van der Waals surface area contributed by atoms with Gasteiger partial charge in [-0.2, -0.15) is 5.26 Å². The summed E-state index contributed by atoms with van der Waals surface area (Å²) in [6.07, 6.45) is 2.81. The zero-order chi connectivity index (χ0) is 15.7. The normalized spacial score (nSPS) is 13.7. The van der Waals surface area contributed by atoms with Crippen LogP contribution in [0.4, 0.5) is 0 Å². The number of benzene rings is 1. The number of nitrogens with zero attached hydrogens (tertiary/aromatic N) is 1. The van der Waals surface area contributed by atoms with Crippen LogP contribution in [0.15, 0.2) is 24.3 Å². The molecule has 0 spiro atoms. The first-order valence-electron chi connectivity index (χ1n) is 7.90. The highest BCUT2D eigenvalue weighted by atomic mass is 16.5. The van der Waals surface area contributed by atoms with Crippen molar-refractivity contribution in [2.75, 3.05) is 13.2 Å². The van der Waals surface area contributed by atoms with Crippen molar-refractivity contribution in [3.05, 3.63) is 29.8 Å². The zero-order valence-corrected chi connectivity index (χ0v) is 13.8. The fourth-order valence-electron chi connectivity index (χ4n) is 2.31. The topological polar surface area (TPSA) is 45.0 Å². The van der Waals surface area contributed by atoms with Gasteiger partial charge in [0.25, 0.3) is 0 Å². The molecule has 1 N–H and O–H groups in total. The Morgan fingerprint density at radius 2 is 2.10 bits per heavy atom. The highest BCUT2D eigenvalue weighted by molar-refractivity contribution is 5.30. The van der Waals surface area contributed by atoms with Crippen molar-refractivity contribution >= 4 is 0 Å². The van der Waals surface area contributed by atoms with Crippen LogP contribution in [0.1, 0.15) is 58.4 Å². The lowest BCUT2D eigenvalue weighted by molar-refractivity contribution is 0.295. The number of rotatable bonds is 9. The fraction of sp³-hybridized carbons (Fsp3) is 0.611. The average molecular weight is 288 g/mol. The molecule has 116 valence electrons. The maximum atomic E-state index is 9.19. The molecule has 0 saturated heterocycles. The van der Waals surface area contributed by atoms with Gasteiger partial charge >= 0.3 is 0 Å².